The van der Waals surface area contributed by atoms with E-state index in [1.165, 1.54) is 4.57 Å². The molecular weight excluding hydrogens is 372 g/mol. The van der Waals surface area contributed by atoms with Crippen LogP contribution in [-0.2, 0) is 21.7 Å². The molecule has 7 heteroatoms. The number of cyclic esters (lactones) is 1. The van der Waals surface area contributed by atoms with Gasteiger partial charge in [-0.1, -0.05) is 25.1 Å². The van der Waals surface area contributed by atoms with E-state index in [4.69, 9.17) is 9.72 Å². The van der Waals surface area contributed by atoms with Gasteiger partial charge >= 0.3 is 11.9 Å². The smallest absolute Gasteiger partial charge is 0.345 e. The molecule has 2 aliphatic heterocycles. The average Bonchev–Trinajstić information content (AvgIpc) is 3.19. The van der Waals surface area contributed by atoms with Gasteiger partial charge in [0.1, 0.15) is 11.2 Å². The number of aryl methyl sites for hydroxylation is 1. The number of hydrogen-bond acceptors (Lipinski definition) is 5. The largest absolute Gasteiger partial charge is 0.481 e. The summed E-state index contributed by atoms with van der Waals surface area (Å²) in [6.07, 6.45) is -0.125. The van der Waals surface area contributed by atoms with Crippen LogP contribution in [0.4, 0.5) is 0 Å². The van der Waals surface area contributed by atoms with E-state index < -0.39 is 23.1 Å². The maximum Gasteiger partial charge on any atom is 0.345 e. The van der Waals surface area contributed by atoms with Gasteiger partial charge < -0.3 is 14.4 Å². The highest BCUT2D eigenvalue weighted by Gasteiger charge is 2.49. The minimum Gasteiger partial charge on any atom is -0.481 e. The Bertz CT molecular complexity index is 1310. The molecule has 0 spiro atoms. The molecule has 29 heavy (non-hydrogen) atoms. The van der Waals surface area contributed by atoms with Crippen molar-refractivity contribution in [2.75, 3.05) is 0 Å². The lowest BCUT2D eigenvalue weighted by atomic mass is 9.87. The molecule has 1 N–H and O–H groups in total. The van der Waals surface area contributed by atoms with Gasteiger partial charge in [0, 0.05) is 16.5 Å². The third-order valence-electron chi connectivity index (χ3n) is 6.13. The Kier molecular flexibility index (Phi) is 3.50. The third-order valence-corrected chi connectivity index (χ3v) is 6.13. The second-order valence-electron chi connectivity index (χ2n) is 7.60. The fourth-order valence-electron chi connectivity index (χ4n) is 4.58. The molecule has 0 radical (unpaired) electrons. The van der Waals surface area contributed by atoms with Gasteiger partial charge in [0.15, 0.2) is 0 Å². The summed E-state index contributed by atoms with van der Waals surface area (Å²) < 4.78 is 7.01. The molecule has 0 amide bonds. The number of aliphatic carboxylic acids is 1. The van der Waals surface area contributed by atoms with Crippen LogP contribution in [0.15, 0.2) is 35.1 Å². The molecule has 3 aromatic rings. The van der Waals surface area contributed by atoms with Gasteiger partial charge in [-0.25, -0.2) is 9.78 Å². The zero-order valence-electron chi connectivity index (χ0n) is 16.0. The molecule has 1 unspecified atom stereocenters. The molecule has 2 aliphatic rings. The Morgan fingerprint density at radius 3 is 2.79 bits per heavy atom. The normalized spacial score (nSPS) is 19.0. The number of nitrogens with zero attached hydrogens (tertiary/aromatic N) is 2. The Morgan fingerprint density at radius 2 is 2.07 bits per heavy atom. The summed E-state index contributed by atoms with van der Waals surface area (Å²) in [5, 5.41) is 10.4. The fourth-order valence-corrected chi connectivity index (χ4v) is 4.58. The summed E-state index contributed by atoms with van der Waals surface area (Å²) >= 11 is 0. The van der Waals surface area contributed by atoms with Crippen molar-refractivity contribution in [3.63, 3.8) is 0 Å². The number of carbonyl (C=O) groups is 2. The lowest BCUT2D eigenvalue weighted by Crippen LogP contribution is -2.30. The van der Waals surface area contributed by atoms with Crippen LogP contribution in [0.2, 0.25) is 0 Å². The SMILES string of the molecule is CCC1(CC(=O)O)OC(=O)c2c1cc1n(c2=O)Cc2c-1nc1ccccc1c2C. The van der Waals surface area contributed by atoms with E-state index in [1.54, 1.807) is 13.0 Å². The minimum absolute atomic E-state index is 0.0631. The van der Waals surface area contributed by atoms with Gasteiger partial charge in [-0.05, 0) is 31.0 Å². The zero-order chi connectivity index (χ0) is 20.5. The summed E-state index contributed by atoms with van der Waals surface area (Å²) in [4.78, 5) is 42.0. The van der Waals surface area contributed by atoms with Crippen molar-refractivity contribution in [3.8, 4) is 11.4 Å². The molecule has 146 valence electrons. The zero-order valence-corrected chi connectivity index (χ0v) is 16.0. The number of hydrogen-bond donors (Lipinski definition) is 1. The Balaban J connectivity index is 1.81. The monoisotopic (exact) mass is 390 g/mol. The highest BCUT2D eigenvalue weighted by Crippen LogP contribution is 2.44. The summed E-state index contributed by atoms with van der Waals surface area (Å²) in [5.74, 6) is -1.84. The Hall–Kier alpha value is -3.48. The van der Waals surface area contributed by atoms with Gasteiger partial charge in [-0.15, -0.1) is 0 Å². The third kappa shape index (κ3) is 2.24. The number of carboxylic acids is 1. The van der Waals surface area contributed by atoms with Crippen LogP contribution >= 0.6 is 0 Å². The van der Waals surface area contributed by atoms with Gasteiger partial charge in [-0.2, -0.15) is 0 Å². The summed E-state index contributed by atoms with van der Waals surface area (Å²) in [6.45, 7) is 4.08. The quantitative estimate of drug-likeness (QED) is 0.540. The number of fused-ring (bicyclic) bond motifs is 5. The van der Waals surface area contributed by atoms with Crippen molar-refractivity contribution in [2.45, 2.75) is 38.8 Å². The molecular formula is C22H18N2O5. The average molecular weight is 390 g/mol. The first-order valence-corrected chi connectivity index (χ1v) is 9.48. The van der Waals surface area contributed by atoms with Crippen LogP contribution < -0.4 is 5.56 Å². The first kappa shape index (κ1) is 17.6. The van der Waals surface area contributed by atoms with Crippen molar-refractivity contribution in [1.29, 1.82) is 0 Å². The molecule has 0 saturated heterocycles. The molecule has 4 heterocycles. The van der Waals surface area contributed by atoms with Crippen molar-refractivity contribution in [3.05, 3.63) is 62.9 Å². The van der Waals surface area contributed by atoms with Gasteiger partial charge in [0.25, 0.3) is 5.56 Å². The molecule has 7 nitrogen and oxygen atoms in total. The van der Waals surface area contributed by atoms with Crippen LogP contribution in [0.3, 0.4) is 0 Å². The minimum atomic E-state index is -1.33. The second kappa shape index (κ2) is 5.76. The number of para-hydroxylation sites is 1. The number of carbonyl (C=O) groups excluding carboxylic acids is 1. The summed E-state index contributed by atoms with van der Waals surface area (Å²) in [6, 6.07) is 9.50. The highest BCUT2D eigenvalue weighted by atomic mass is 16.6. The molecule has 1 aromatic carbocycles. The van der Waals surface area contributed by atoms with E-state index in [0.717, 1.165) is 22.0 Å². The fraction of sp³-hybridized carbons (Fsp3) is 0.273. The maximum atomic E-state index is 13.2. The van der Waals surface area contributed by atoms with Crippen molar-refractivity contribution < 1.29 is 19.4 Å². The molecule has 5 rings (SSSR count). The van der Waals surface area contributed by atoms with Crippen LogP contribution in [0.5, 0.6) is 0 Å². The van der Waals surface area contributed by atoms with Crippen LogP contribution in [0.1, 0.15) is 46.8 Å². The van der Waals surface area contributed by atoms with E-state index in [2.05, 4.69) is 0 Å². The molecule has 0 bridgehead atoms. The first-order chi connectivity index (χ1) is 13.9. The van der Waals surface area contributed by atoms with E-state index in [-0.39, 0.29) is 18.4 Å². The standard InChI is InChI=1S/C22H18N2O5/c1-3-22(9-17(25)26)14-8-16-19-13(10-24(16)20(27)18(14)21(28)29-22)11(2)12-6-4-5-7-15(12)23-19/h4-8H,3,9-10H2,1-2H3,(H,25,26). The molecule has 2 aromatic heterocycles. The molecule has 1 atom stereocenters. The van der Waals surface area contributed by atoms with Crippen molar-refractivity contribution in [2.24, 2.45) is 0 Å². The maximum absolute atomic E-state index is 13.2. The Labute approximate surface area is 165 Å². The summed E-state index contributed by atoms with van der Waals surface area (Å²) in [5.41, 5.74) is 2.61. The topological polar surface area (TPSA) is 98.5 Å². The number of rotatable bonds is 3. The van der Waals surface area contributed by atoms with Crippen LogP contribution in [0.25, 0.3) is 22.3 Å². The highest BCUT2D eigenvalue weighted by molar-refractivity contribution is 5.96. The van der Waals surface area contributed by atoms with Gasteiger partial charge in [0.05, 0.1) is 29.9 Å². The van der Waals surface area contributed by atoms with E-state index in [9.17, 15) is 19.5 Å². The van der Waals surface area contributed by atoms with Gasteiger partial charge in [-0.3, -0.25) is 9.59 Å². The molecule has 0 aliphatic carbocycles. The van der Waals surface area contributed by atoms with Crippen LogP contribution in [-0.4, -0.2) is 26.6 Å². The van der Waals surface area contributed by atoms with Gasteiger partial charge in [0.2, 0.25) is 0 Å². The second-order valence-corrected chi connectivity index (χ2v) is 7.60. The number of ether oxygens (including phenoxy) is 1. The molecule has 0 fully saturated rings. The molecule has 0 saturated carbocycles. The number of carboxylic acid groups (broad SMARTS) is 1. The van der Waals surface area contributed by atoms with E-state index >= 15 is 0 Å². The lowest BCUT2D eigenvalue weighted by Gasteiger charge is -2.25. The number of esters is 1. The van der Waals surface area contributed by atoms with Crippen molar-refractivity contribution in [1.82, 2.24) is 9.55 Å². The number of pyridine rings is 2. The number of benzene rings is 1. The Morgan fingerprint density at radius 1 is 1.31 bits per heavy atom. The predicted octanol–water partition coefficient (Wildman–Crippen LogP) is 2.98. The first-order valence-electron chi connectivity index (χ1n) is 9.48. The van der Waals surface area contributed by atoms with Crippen molar-refractivity contribution >= 4 is 22.8 Å². The van der Waals surface area contributed by atoms with Crippen LogP contribution in [0, 0.1) is 6.92 Å². The predicted molar refractivity (Wildman–Crippen MR) is 105 cm³/mol. The van der Waals surface area contributed by atoms with E-state index in [0.29, 0.717) is 23.5 Å². The number of aromatic nitrogens is 2. The van der Waals surface area contributed by atoms with E-state index in [1.807, 2.05) is 31.2 Å². The lowest BCUT2D eigenvalue weighted by molar-refractivity contribution is -0.142. The summed E-state index contributed by atoms with van der Waals surface area (Å²) in [7, 11) is 0.